The quantitative estimate of drug-likeness (QED) is 0.495. The van der Waals surface area contributed by atoms with Crippen LogP contribution in [0.5, 0.6) is 5.75 Å². The number of urea groups is 1. The molecule has 0 bridgehead atoms. The van der Waals surface area contributed by atoms with Crippen LogP contribution in [0.3, 0.4) is 0 Å². The molecule has 10 nitrogen and oxygen atoms in total. The minimum atomic E-state index is -4.71. The Kier molecular flexibility index (Phi) is 9.02. The number of rotatable bonds is 6. The van der Waals surface area contributed by atoms with Crippen molar-refractivity contribution in [1.82, 2.24) is 9.97 Å². The summed E-state index contributed by atoms with van der Waals surface area (Å²) >= 11 is 0. The topological polar surface area (TPSA) is 139 Å². The van der Waals surface area contributed by atoms with Crippen LogP contribution in [0.1, 0.15) is 35.6 Å². The van der Waals surface area contributed by atoms with Gasteiger partial charge >= 0.3 is 45.8 Å². The fourth-order valence-corrected chi connectivity index (χ4v) is 2.78. The molecule has 0 aliphatic carbocycles. The van der Waals surface area contributed by atoms with Gasteiger partial charge in [-0.3, -0.25) is 9.52 Å². The van der Waals surface area contributed by atoms with Crippen molar-refractivity contribution in [3.8, 4) is 5.75 Å². The number of amides is 2. The molecule has 1 aromatic carbocycles. The van der Waals surface area contributed by atoms with Crippen LogP contribution in [0.4, 0.5) is 10.7 Å². The second-order valence-electron chi connectivity index (χ2n) is 5.96. The number of hydrogen-bond acceptors (Lipinski definition) is 8. The maximum Gasteiger partial charge on any atom is 1.00 e. The molecule has 12 heteroatoms. The average Bonchev–Trinajstić information content (AvgIpc) is 2.52. The Morgan fingerprint density at radius 1 is 1.10 bits per heavy atom. The third kappa shape index (κ3) is 7.97. The van der Waals surface area contributed by atoms with E-state index in [1.807, 2.05) is 0 Å². The second-order valence-corrected chi connectivity index (χ2v) is 7.16. The summed E-state index contributed by atoms with van der Waals surface area (Å²) in [5.74, 6) is -1.18. The monoisotopic (exact) mass is 430 g/mol. The van der Waals surface area contributed by atoms with E-state index in [-0.39, 0.29) is 46.8 Å². The largest absolute Gasteiger partial charge is 1.00 e. The van der Waals surface area contributed by atoms with E-state index in [0.29, 0.717) is 11.4 Å². The van der Waals surface area contributed by atoms with E-state index < -0.39 is 28.4 Å². The minimum absolute atomic E-state index is 0. The number of nitrogens with one attached hydrogen (secondary N) is 1. The molecule has 0 saturated carbocycles. The van der Waals surface area contributed by atoms with Gasteiger partial charge in [0.05, 0.1) is 6.10 Å². The van der Waals surface area contributed by atoms with E-state index in [1.54, 1.807) is 33.8 Å². The van der Waals surface area contributed by atoms with E-state index in [9.17, 15) is 18.0 Å². The molecule has 0 spiro atoms. The molecule has 0 radical (unpaired) electrons. The molecular weight excluding hydrogens is 411 g/mol. The Bertz CT molecular complexity index is 977. The molecule has 1 heterocycles. The molecule has 29 heavy (non-hydrogen) atoms. The van der Waals surface area contributed by atoms with Crippen LogP contribution < -0.4 is 39.1 Å². The van der Waals surface area contributed by atoms with Gasteiger partial charge in [-0.15, -0.1) is 0 Å². The van der Waals surface area contributed by atoms with Gasteiger partial charge in [-0.1, -0.05) is 12.1 Å². The van der Waals surface area contributed by atoms with Gasteiger partial charge in [-0.05, 0) is 45.9 Å². The molecule has 2 rings (SSSR count). The third-order valence-corrected chi connectivity index (χ3v) is 3.82. The van der Waals surface area contributed by atoms with Gasteiger partial charge in [-0.25, -0.2) is 14.8 Å². The van der Waals surface area contributed by atoms with Crippen molar-refractivity contribution in [3.05, 3.63) is 52.0 Å². The summed E-state index contributed by atoms with van der Waals surface area (Å²) in [4.78, 5) is 31.9. The molecule has 0 aliphatic rings. The van der Waals surface area contributed by atoms with E-state index in [2.05, 4.69) is 20.0 Å². The summed E-state index contributed by atoms with van der Waals surface area (Å²) in [6, 6.07) is 5.98. The Hall–Kier alpha value is -2.21. The maximum absolute atomic E-state index is 12.1. The van der Waals surface area contributed by atoms with Gasteiger partial charge in [0.25, 0.3) is 0 Å². The number of esters is 1. The van der Waals surface area contributed by atoms with Crippen LogP contribution >= 0.6 is 0 Å². The van der Waals surface area contributed by atoms with Gasteiger partial charge in [0.15, 0.2) is 11.8 Å². The number of carbonyl (C=O) groups excluding carboxylic acids is 2. The fourth-order valence-electron chi connectivity index (χ4n) is 2.12. The zero-order valence-electron chi connectivity index (χ0n) is 16.7. The van der Waals surface area contributed by atoms with Crippen molar-refractivity contribution in [1.29, 1.82) is 0 Å². The molecule has 0 fully saturated rings. The molecule has 0 atom stereocenters. The van der Waals surface area contributed by atoms with Crippen molar-refractivity contribution in [2.45, 2.75) is 33.8 Å². The number of carbonyl (C=O) groups is 2. The van der Waals surface area contributed by atoms with Crippen LogP contribution in [-0.4, -0.2) is 36.5 Å². The number of aromatic nitrogens is 2. The molecule has 2 amide bonds. The summed E-state index contributed by atoms with van der Waals surface area (Å²) in [6.07, 6.45) is -0.412. The predicted octanol–water partition coefficient (Wildman–Crippen LogP) is -0.108. The molecular formula is C17H19N4NaO6S. The summed E-state index contributed by atoms with van der Waals surface area (Å²) < 4.78 is 37.0. The number of aryl methyl sites for hydroxylation is 2. The molecule has 0 saturated heterocycles. The van der Waals surface area contributed by atoms with Crippen LogP contribution in [-0.2, 0) is 15.0 Å². The van der Waals surface area contributed by atoms with Crippen LogP contribution in [0.25, 0.3) is 4.72 Å². The first kappa shape index (κ1) is 24.8. The van der Waals surface area contributed by atoms with Crippen LogP contribution in [0.15, 0.2) is 30.3 Å². The van der Waals surface area contributed by atoms with E-state index >= 15 is 0 Å². The smallest absolute Gasteiger partial charge is 0.459 e. The fraction of sp³-hybridized carbons (Fsp3) is 0.294. The minimum Gasteiger partial charge on any atom is -0.459 e. The molecule has 1 N–H and O–H groups in total. The van der Waals surface area contributed by atoms with Crippen molar-refractivity contribution >= 4 is 28.3 Å². The Morgan fingerprint density at radius 3 is 2.28 bits per heavy atom. The van der Waals surface area contributed by atoms with Gasteiger partial charge < -0.3 is 14.2 Å². The predicted molar refractivity (Wildman–Crippen MR) is 100 cm³/mol. The summed E-state index contributed by atoms with van der Waals surface area (Å²) in [6.45, 7) is 6.67. The first-order chi connectivity index (χ1) is 13.1. The number of benzene rings is 1. The van der Waals surface area contributed by atoms with Crippen molar-refractivity contribution in [2.75, 3.05) is 5.32 Å². The molecule has 0 unspecified atom stereocenters. The number of anilines is 1. The Morgan fingerprint density at radius 2 is 1.69 bits per heavy atom. The second kappa shape index (κ2) is 10.5. The number of ether oxygens (including phenoxy) is 1. The van der Waals surface area contributed by atoms with Crippen LogP contribution in [0, 0.1) is 13.8 Å². The molecule has 150 valence electrons. The zero-order valence-corrected chi connectivity index (χ0v) is 19.5. The summed E-state index contributed by atoms with van der Waals surface area (Å²) in [5, 5.41) is 2.15. The van der Waals surface area contributed by atoms with Crippen molar-refractivity contribution in [3.63, 3.8) is 0 Å². The number of hydrogen-bond donors (Lipinski definition) is 1. The van der Waals surface area contributed by atoms with Gasteiger partial charge in [0.2, 0.25) is 0 Å². The maximum atomic E-state index is 12.1. The average molecular weight is 430 g/mol. The zero-order chi connectivity index (χ0) is 20.9. The third-order valence-electron chi connectivity index (χ3n) is 3.04. The Labute approximate surface area is 191 Å². The molecule has 2 aromatic rings. The van der Waals surface area contributed by atoms with Gasteiger partial charge in [-0.2, -0.15) is 8.42 Å². The SMILES string of the molecule is Cc1cc(C)nc(NC(=O)[N-]S(=O)(=O)Oc2ccccc2C(=O)OC(C)C)n1.[Na+]. The number of para-hydroxylation sites is 1. The Balaban J connectivity index is 0.00000420. The number of nitrogens with zero attached hydrogens (tertiary/aromatic N) is 3. The van der Waals surface area contributed by atoms with Crippen molar-refractivity contribution in [2.24, 2.45) is 0 Å². The first-order valence-electron chi connectivity index (χ1n) is 8.16. The van der Waals surface area contributed by atoms with Crippen LogP contribution in [0.2, 0.25) is 0 Å². The van der Waals surface area contributed by atoms with E-state index in [4.69, 9.17) is 8.92 Å². The summed E-state index contributed by atoms with van der Waals surface area (Å²) in [5.41, 5.74) is 1.05. The first-order valence-corrected chi connectivity index (χ1v) is 9.53. The standard InChI is InChI=1S/C17H20N4O6S.Na/c1-10(2)26-15(22)13-7-5-6-8-14(13)27-28(24,25)21-17(23)20-16-18-11(3)9-12(4)19-16;/h5-10H,1-4H3,(H2,18,19,20,21,23);/q;+1/p-1. The van der Waals surface area contributed by atoms with E-state index in [0.717, 1.165) is 0 Å². The van der Waals surface area contributed by atoms with Gasteiger partial charge in [0, 0.05) is 11.4 Å². The van der Waals surface area contributed by atoms with Gasteiger partial charge in [0.1, 0.15) is 11.5 Å². The van der Waals surface area contributed by atoms with E-state index in [1.165, 1.54) is 24.3 Å². The molecule has 1 aromatic heterocycles. The normalized spacial score (nSPS) is 10.7. The molecule has 0 aliphatic heterocycles. The van der Waals surface area contributed by atoms with Crippen molar-refractivity contribution < 1.29 is 56.5 Å². The summed E-state index contributed by atoms with van der Waals surface area (Å²) in [7, 11) is -4.71.